The highest BCUT2D eigenvalue weighted by molar-refractivity contribution is 6.40. The summed E-state index contributed by atoms with van der Waals surface area (Å²) in [6.07, 6.45) is 0. The standard InChI is InChI=1S/C18H12Cl2N2O5/c1-18(16-14(23)10-4-2-3-5-13(10)27-16)15(20)17(24)21(18)12-8-9(22(25)26)6-7-11(12)19/h2-8,15,23H,1H3. The fourth-order valence-corrected chi connectivity index (χ4v) is 3.87. The highest BCUT2D eigenvalue weighted by Crippen LogP contribution is 2.53. The lowest BCUT2D eigenvalue weighted by Gasteiger charge is -2.51. The summed E-state index contributed by atoms with van der Waals surface area (Å²) in [6, 6.07) is 10.6. The third-order valence-electron chi connectivity index (χ3n) is 4.81. The van der Waals surface area contributed by atoms with E-state index in [9.17, 15) is 20.0 Å². The van der Waals surface area contributed by atoms with Crippen molar-refractivity contribution in [2.45, 2.75) is 17.8 Å². The average Bonchev–Trinajstić information content (AvgIpc) is 3.00. The van der Waals surface area contributed by atoms with E-state index in [0.717, 1.165) is 0 Å². The highest BCUT2D eigenvalue weighted by Gasteiger charge is 2.62. The van der Waals surface area contributed by atoms with Gasteiger partial charge in [0.2, 0.25) is 5.91 Å². The normalized spacial score (nSPS) is 22.1. The second-order valence-corrected chi connectivity index (χ2v) is 7.20. The molecule has 1 N–H and O–H groups in total. The summed E-state index contributed by atoms with van der Waals surface area (Å²) < 4.78 is 5.79. The van der Waals surface area contributed by atoms with E-state index in [-0.39, 0.29) is 27.9 Å². The summed E-state index contributed by atoms with van der Waals surface area (Å²) >= 11 is 12.5. The zero-order valence-corrected chi connectivity index (χ0v) is 15.4. The number of amides is 1. The van der Waals surface area contributed by atoms with Crippen molar-refractivity contribution in [3.05, 3.63) is 63.4 Å². The minimum atomic E-state index is -1.28. The zero-order chi connectivity index (χ0) is 19.5. The number of furan rings is 1. The quantitative estimate of drug-likeness (QED) is 0.297. The van der Waals surface area contributed by atoms with Crippen LogP contribution in [0.15, 0.2) is 46.9 Å². The molecule has 7 nitrogen and oxygen atoms in total. The number of hydrogen-bond donors (Lipinski definition) is 1. The Morgan fingerprint density at radius 3 is 2.67 bits per heavy atom. The number of carbonyl (C=O) groups excluding carboxylic acids is 1. The largest absolute Gasteiger partial charge is 0.504 e. The van der Waals surface area contributed by atoms with Crippen molar-refractivity contribution in [3.8, 4) is 5.75 Å². The molecule has 9 heteroatoms. The van der Waals surface area contributed by atoms with Crippen LogP contribution in [0, 0.1) is 10.1 Å². The molecule has 2 atom stereocenters. The number of hydrogen-bond acceptors (Lipinski definition) is 5. The van der Waals surface area contributed by atoms with E-state index in [2.05, 4.69) is 0 Å². The van der Waals surface area contributed by atoms with Crippen LogP contribution in [0.5, 0.6) is 5.75 Å². The van der Waals surface area contributed by atoms with Gasteiger partial charge >= 0.3 is 0 Å². The number of aromatic hydroxyl groups is 1. The Kier molecular flexibility index (Phi) is 3.83. The monoisotopic (exact) mass is 406 g/mol. The first-order valence-electron chi connectivity index (χ1n) is 7.90. The van der Waals surface area contributed by atoms with E-state index in [0.29, 0.717) is 11.0 Å². The van der Waals surface area contributed by atoms with Crippen LogP contribution in [-0.2, 0) is 10.3 Å². The van der Waals surface area contributed by atoms with Crippen molar-refractivity contribution in [2.24, 2.45) is 0 Å². The first-order chi connectivity index (χ1) is 12.8. The van der Waals surface area contributed by atoms with Crippen molar-refractivity contribution < 1.29 is 19.2 Å². The van der Waals surface area contributed by atoms with Gasteiger partial charge in [-0.05, 0) is 25.1 Å². The first kappa shape index (κ1) is 17.6. The summed E-state index contributed by atoms with van der Waals surface area (Å²) in [5.74, 6) is -0.551. The number of para-hydroxylation sites is 1. The Morgan fingerprint density at radius 1 is 1.30 bits per heavy atom. The summed E-state index contributed by atoms with van der Waals surface area (Å²) in [7, 11) is 0. The molecule has 138 valence electrons. The van der Waals surface area contributed by atoms with Gasteiger partial charge in [0.15, 0.2) is 11.5 Å². The van der Waals surface area contributed by atoms with E-state index >= 15 is 0 Å². The molecule has 3 aromatic rings. The van der Waals surface area contributed by atoms with Gasteiger partial charge in [-0.15, -0.1) is 11.6 Å². The van der Waals surface area contributed by atoms with Crippen LogP contribution >= 0.6 is 23.2 Å². The summed E-state index contributed by atoms with van der Waals surface area (Å²) in [5, 5.41) is 21.3. The number of carbonyl (C=O) groups is 1. The number of nitrogens with zero attached hydrogens (tertiary/aromatic N) is 2. The van der Waals surface area contributed by atoms with Crippen molar-refractivity contribution in [1.29, 1.82) is 0 Å². The zero-order valence-electron chi connectivity index (χ0n) is 13.8. The third kappa shape index (κ3) is 2.32. The number of nitro groups is 1. The molecule has 1 saturated heterocycles. The van der Waals surface area contributed by atoms with Crippen LogP contribution in [0.1, 0.15) is 12.7 Å². The van der Waals surface area contributed by atoms with Gasteiger partial charge in [-0.25, -0.2) is 0 Å². The minimum absolute atomic E-state index is 0.0888. The van der Waals surface area contributed by atoms with Gasteiger partial charge in [0.1, 0.15) is 16.5 Å². The lowest BCUT2D eigenvalue weighted by Crippen LogP contribution is -2.69. The third-order valence-corrected chi connectivity index (χ3v) is 5.74. The van der Waals surface area contributed by atoms with E-state index in [1.165, 1.54) is 23.1 Å². The highest BCUT2D eigenvalue weighted by atomic mass is 35.5. The Labute approximate surface area is 162 Å². The van der Waals surface area contributed by atoms with Crippen molar-refractivity contribution in [2.75, 3.05) is 4.90 Å². The smallest absolute Gasteiger partial charge is 0.271 e. The molecule has 0 radical (unpaired) electrons. The van der Waals surface area contributed by atoms with Crippen LogP contribution in [-0.4, -0.2) is 21.3 Å². The SMILES string of the molecule is CC1(c2oc3ccccc3c2O)C(Cl)C(=O)N1c1cc([N+](=O)[O-])ccc1Cl. The number of β-lactam (4-membered cyclic amide) rings is 1. The Balaban J connectivity index is 1.91. The number of nitro benzene ring substituents is 1. The van der Waals surface area contributed by atoms with Crippen molar-refractivity contribution in [1.82, 2.24) is 0 Å². The van der Waals surface area contributed by atoms with E-state index in [4.69, 9.17) is 27.6 Å². The maximum Gasteiger partial charge on any atom is 0.271 e. The Hall–Kier alpha value is -2.77. The fourth-order valence-electron chi connectivity index (χ4n) is 3.38. The molecular formula is C18H12Cl2N2O5. The molecule has 0 spiro atoms. The average molecular weight is 407 g/mol. The van der Waals surface area contributed by atoms with Crippen LogP contribution in [0.2, 0.25) is 5.02 Å². The number of non-ortho nitro benzene ring substituents is 1. The molecule has 1 fully saturated rings. The Bertz CT molecular complexity index is 1110. The number of fused-ring (bicyclic) bond motifs is 1. The molecule has 2 aromatic carbocycles. The molecule has 1 aliphatic rings. The lowest BCUT2D eigenvalue weighted by atomic mass is 9.81. The number of benzene rings is 2. The van der Waals surface area contributed by atoms with Crippen LogP contribution in [0.4, 0.5) is 11.4 Å². The summed E-state index contributed by atoms with van der Waals surface area (Å²) in [5.41, 5.74) is -0.952. The molecule has 0 aliphatic carbocycles. The minimum Gasteiger partial charge on any atom is -0.504 e. The summed E-state index contributed by atoms with van der Waals surface area (Å²) in [4.78, 5) is 24.3. The molecule has 0 bridgehead atoms. The van der Waals surface area contributed by atoms with Crippen molar-refractivity contribution >= 4 is 51.5 Å². The van der Waals surface area contributed by atoms with Crippen LogP contribution in [0.3, 0.4) is 0 Å². The van der Waals surface area contributed by atoms with Gasteiger partial charge < -0.3 is 9.52 Å². The molecule has 1 aliphatic heterocycles. The summed E-state index contributed by atoms with van der Waals surface area (Å²) in [6.45, 7) is 1.61. The molecule has 1 aromatic heterocycles. The molecule has 0 saturated carbocycles. The predicted molar refractivity (Wildman–Crippen MR) is 100 cm³/mol. The number of halogens is 2. The van der Waals surface area contributed by atoms with Gasteiger partial charge in [-0.2, -0.15) is 0 Å². The molecule has 4 rings (SSSR count). The van der Waals surface area contributed by atoms with Gasteiger partial charge in [0, 0.05) is 12.1 Å². The van der Waals surface area contributed by atoms with Crippen LogP contribution < -0.4 is 4.90 Å². The molecule has 27 heavy (non-hydrogen) atoms. The van der Waals surface area contributed by atoms with Gasteiger partial charge in [-0.1, -0.05) is 23.7 Å². The topological polar surface area (TPSA) is 96.8 Å². The second-order valence-electron chi connectivity index (χ2n) is 6.35. The fraction of sp³-hybridized carbons (Fsp3) is 0.167. The van der Waals surface area contributed by atoms with Gasteiger partial charge in [0.05, 0.1) is 21.0 Å². The number of anilines is 1. The van der Waals surface area contributed by atoms with E-state index < -0.39 is 21.7 Å². The second kappa shape index (κ2) is 5.87. The van der Waals surface area contributed by atoms with Gasteiger partial charge in [0.25, 0.3) is 5.69 Å². The lowest BCUT2D eigenvalue weighted by molar-refractivity contribution is -0.384. The van der Waals surface area contributed by atoms with Crippen LogP contribution in [0.25, 0.3) is 11.0 Å². The Morgan fingerprint density at radius 2 is 2.00 bits per heavy atom. The molecule has 1 amide bonds. The number of alkyl halides is 1. The van der Waals surface area contributed by atoms with E-state index in [1.807, 2.05) is 0 Å². The van der Waals surface area contributed by atoms with Gasteiger partial charge in [-0.3, -0.25) is 19.8 Å². The molecule has 2 heterocycles. The molecule has 2 unspecified atom stereocenters. The maximum absolute atomic E-state index is 12.6. The maximum atomic E-state index is 12.6. The number of rotatable bonds is 3. The predicted octanol–water partition coefficient (Wildman–Crippen LogP) is 4.57. The molecular weight excluding hydrogens is 395 g/mol. The van der Waals surface area contributed by atoms with E-state index in [1.54, 1.807) is 31.2 Å². The first-order valence-corrected chi connectivity index (χ1v) is 8.71. The van der Waals surface area contributed by atoms with Crippen molar-refractivity contribution in [3.63, 3.8) is 0 Å².